The van der Waals surface area contributed by atoms with Gasteiger partial charge in [0.2, 0.25) is 0 Å². The standard InChI is InChI=1S/C20H32N2O3/c1-6-7-10-25-19(23)22(16-8-9-16)13-14-11-15(20(2,3)4)12-17(21)18(14)24-5/h11-12,16H,6-10,13,21H2,1-5H3. The van der Waals surface area contributed by atoms with Crippen LogP contribution in [0.25, 0.3) is 0 Å². The first-order valence-electron chi connectivity index (χ1n) is 9.18. The third-order valence-electron chi connectivity index (χ3n) is 4.55. The molecular formula is C20H32N2O3. The molecule has 1 amide bonds. The van der Waals surface area contributed by atoms with E-state index in [0.717, 1.165) is 36.8 Å². The fraction of sp³-hybridized carbons (Fsp3) is 0.650. The van der Waals surface area contributed by atoms with Gasteiger partial charge in [-0.1, -0.05) is 34.1 Å². The summed E-state index contributed by atoms with van der Waals surface area (Å²) in [6.07, 6.45) is 3.71. The maximum Gasteiger partial charge on any atom is 0.410 e. The molecule has 0 aliphatic heterocycles. The van der Waals surface area contributed by atoms with E-state index in [4.69, 9.17) is 15.2 Å². The molecule has 0 spiro atoms. The van der Waals surface area contributed by atoms with E-state index in [9.17, 15) is 4.79 Å². The highest BCUT2D eigenvalue weighted by Crippen LogP contribution is 2.36. The number of hydrogen-bond acceptors (Lipinski definition) is 4. The van der Waals surface area contributed by atoms with Gasteiger partial charge in [0.25, 0.3) is 0 Å². The number of ether oxygens (including phenoxy) is 2. The molecule has 0 atom stereocenters. The second-order valence-electron chi connectivity index (χ2n) is 7.83. The molecule has 1 aliphatic rings. The first-order valence-corrected chi connectivity index (χ1v) is 9.18. The molecule has 0 aromatic heterocycles. The number of hydrogen-bond donors (Lipinski definition) is 1. The van der Waals surface area contributed by atoms with Crippen LogP contribution in [0, 0.1) is 0 Å². The summed E-state index contributed by atoms with van der Waals surface area (Å²) in [6, 6.07) is 4.33. The van der Waals surface area contributed by atoms with Gasteiger partial charge in [-0.2, -0.15) is 0 Å². The molecule has 5 heteroatoms. The molecule has 1 fully saturated rings. The van der Waals surface area contributed by atoms with Gasteiger partial charge in [-0.05, 0) is 42.4 Å². The predicted molar refractivity (Wildman–Crippen MR) is 101 cm³/mol. The lowest BCUT2D eigenvalue weighted by Gasteiger charge is -2.26. The van der Waals surface area contributed by atoms with Crippen molar-refractivity contribution in [2.24, 2.45) is 0 Å². The Morgan fingerprint density at radius 2 is 2.00 bits per heavy atom. The minimum atomic E-state index is -0.238. The Morgan fingerprint density at radius 1 is 1.32 bits per heavy atom. The average Bonchev–Trinajstić information content (AvgIpc) is 3.36. The zero-order valence-electron chi connectivity index (χ0n) is 16.2. The van der Waals surface area contributed by atoms with Crippen molar-refractivity contribution in [1.82, 2.24) is 4.90 Å². The number of rotatable bonds is 7. The van der Waals surface area contributed by atoms with Crippen molar-refractivity contribution in [3.8, 4) is 5.75 Å². The molecule has 5 nitrogen and oxygen atoms in total. The summed E-state index contributed by atoms with van der Waals surface area (Å²) < 4.78 is 11.0. The molecule has 0 heterocycles. The Hall–Kier alpha value is -1.91. The molecule has 2 N–H and O–H groups in total. The summed E-state index contributed by atoms with van der Waals surface area (Å²) in [4.78, 5) is 14.3. The minimum absolute atomic E-state index is 0.0266. The van der Waals surface area contributed by atoms with Gasteiger partial charge < -0.3 is 20.1 Å². The molecule has 1 aromatic rings. The predicted octanol–water partition coefficient (Wildman–Crippen LogP) is 4.48. The van der Waals surface area contributed by atoms with Crippen LogP contribution in [-0.2, 0) is 16.7 Å². The van der Waals surface area contributed by atoms with Crippen molar-refractivity contribution >= 4 is 11.8 Å². The summed E-state index contributed by atoms with van der Waals surface area (Å²) in [5.41, 5.74) is 8.87. The van der Waals surface area contributed by atoms with E-state index in [1.165, 1.54) is 0 Å². The van der Waals surface area contributed by atoms with E-state index in [1.807, 2.05) is 11.0 Å². The lowest BCUT2D eigenvalue weighted by Crippen LogP contribution is -2.33. The lowest BCUT2D eigenvalue weighted by molar-refractivity contribution is 0.0954. The molecule has 0 radical (unpaired) electrons. The molecular weight excluding hydrogens is 316 g/mol. The molecule has 25 heavy (non-hydrogen) atoms. The smallest absolute Gasteiger partial charge is 0.410 e. The van der Waals surface area contributed by atoms with Crippen LogP contribution in [0.1, 0.15) is 64.5 Å². The van der Waals surface area contributed by atoms with E-state index in [-0.39, 0.29) is 17.6 Å². The maximum absolute atomic E-state index is 12.5. The van der Waals surface area contributed by atoms with Crippen molar-refractivity contribution in [3.05, 3.63) is 23.3 Å². The average molecular weight is 348 g/mol. The van der Waals surface area contributed by atoms with Crippen LogP contribution in [-0.4, -0.2) is 30.8 Å². The summed E-state index contributed by atoms with van der Waals surface area (Å²) in [5, 5.41) is 0. The monoisotopic (exact) mass is 348 g/mol. The van der Waals surface area contributed by atoms with Crippen LogP contribution >= 0.6 is 0 Å². The van der Waals surface area contributed by atoms with Gasteiger partial charge in [-0.3, -0.25) is 0 Å². The van der Waals surface area contributed by atoms with Crippen molar-refractivity contribution in [2.45, 2.75) is 71.4 Å². The van der Waals surface area contributed by atoms with Crippen LogP contribution in [0.3, 0.4) is 0 Å². The number of anilines is 1. The molecule has 0 unspecified atom stereocenters. The van der Waals surface area contributed by atoms with Gasteiger partial charge in [-0.25, -0.2) is 4.79 Å². The van der Waals surface area contributed by atoms with Crippen LogP contribution in [0.4, 0.5) is 10.5 Å². The maximum atomic E-state index is 12.5. The highest BCUT2D eigenvalue weighted by atomic mass is 16.6. The zero-order chi connectivity index (χ0) is 18.6. The summed E-state index contributed by atoms with van der Waals surface area (Å²) in [6.45, 7) is 9.46. The second-order valence-corrected chi connectivity index (χ2v) is 7.83. The van der Waals surface area contributed by atoms with E-state index in [0.29, 0.717) is 24.6 Å². The summed E-state index contributed by atoms with van der Waals surface area (Å²) >= 11 is 0. The number of unbranched alkanes of at least 4 members (excludes halogenated alkanes) is 1. The number of amides is 1. The van der Waals surface area contributed by atoms with Gasteiger partial charge in [0.05, 0.1) is 25.9 Å². The second kappa shape index (κ2) is 7.98. The number of methoxy groups -OCH3 is 1. The third kappa shape index (κ3) is 5.03. The van der Waals surface area contributed by atoms with Crippen molar-refractivity contribution < 1.29 is 14.3 Å². The molecule has 1 saturated carbocycles. The van der Waals surface area contributed by atoms with Gasteiger partial charge in [-0.15, -0.1) is 0 Å². The third-order valence-corrected chi connectivity index (χ3v) is 4.55. The van der Waals surface area contributed by atoms with Gasteiger partial charge in [0.1, 0.15) is 5.75 Å². The van der Waals surface area contributed by atoms with Gasteiger partial charge >= 0.3 is 6.09 Å². The Labute approximate surface area is 151 Å². The first-order chi connectivity index (χ1) is 11.8. The summed E-state index contributed by atoms with van der Waals surface area (Å²) in [7, 11) is 1.62. The first kappa shape index (κ1) is 19.4. The highest BCUT2D eigenvalue weighted by Gasteiger charge is 2.34. The number of carbonyl (C=O) groups is 1. The van der Waals surface area contributed by atoms with Crippen LogP contribution in [0.15, 0.2) is 12.1 Å². The highest BCUT2D eigenvalue weighted by molar-refractivity contribution is 5.69. The summed E-state index contributed by atoms with van der Waals surface area (Å²) in [5.74, 6) is 0.653. The van der Waals surface area contributed by atoms with Crippen LogP contribution in [0.5, 0.6) is 5.75 Å². The topological polar surface area (TPSA) is 64.8 Å². The van der Waals surface area contributed by atoms with E-state index in [2.05, 4.69) is 33.8 Å². The van der Waals surface area contributed by atoms with E-state index >= 15 is 0 Å². The quantitative estimate of drug-likeness (QED) is 0.583. The molecule has 2 rings (SSSR count). The number of benzene rings is 1. The SMILES string of the molecule is CCCCOC(=O)N(Cc1cc(C(C)(C)C)cc(N)c1OC)C1CC1. The van der Waals surface area contributed by atoms with Crippen molar-refractivity contribution in [1.29, 1.82) is 0 Å². The van der Waals surface area contributed by atoms with Crippen molar-refractivity contribution in [3.63, 3.8) is 0 Å². The molecule has 1 aromatic carbocycles. The van der Waals surface area contributed by atoms with Crippen LogP contribution < -0.4 is 10.5 Å². The number of nitrogen functional groups attached to an aromatic ring is 1. The Balaban J connectivity index is 2.25. The van der Waals surface area contributed by atoms with Gasteiger partial charge in [0, 0.05) is 11.6 Å². The fourth-order valence-corrected chi connectivity index (χ4v) is 2.81. The Kier molecular flexibility index (Phi) is 6.20. The molecule has 0 saturated heterocycles. The zero-order valence-corrected chi connectivity index (χ0v) is 16.2. The Bertz CT molecular complexity index is 604. The number of nitrogens with two attached hydrogens (primary N) is 1. The lowest BCUT2D eigenvalue weighted by atomic mass is 9.85. The normalized spacial score (nSPS) is 14.3. The van der Waals surface area contributed by atoms with E-state index < -0.39 is 0 Å². The van der Waals surface area contributed by atoms with Gasteiger partial charge in [0.15, 0.2) is 0 Å². The van der Waals surface area contributed by atoms with Crippen LogP contribution in [0.2, 0.25) is 0 Å². The molecule has 0 bridgehead atoms. The Morgan fingerprint density at radius 3 is 2.52 bits per heavy atom. The molecule has 140 valence electrons. The largest absolute Gasteiger partial charge is 0.494 e. The molecule has 1 aliphatic carbocycles. The number of carbonyl (C=O) groups excluding carboxylic acids is 1. The van der Waals surface area contributed by atoms with E-state index in [1.54, 1.807) is 7.11 Å². The number of nitrogens with zero attached hydrogens (tertiary/aromatic N) is 1. The fourth-order valence-electron chi connectivity index (χ4n) is 2.81. The minimum Gasteiger partial charge on any atom is -0.494 e. The van der Waals surface area contributed by atoms with Crippen molar-refractivity contribution in [2.75, 3.05) is 19.5 Å².